The van der Waals surface area contributed by atoms with Gasteiger partial charge in [-0.3, -0.25) is 0 Å². The number of alkyl halides is 3. The summed E-state index contributed by atoms with van der Waals surface area (Å²) in [6.45, 7) is 0. The summed E-state index contributed by atoms with van der Waals surface area (Å²) in [5.41, 5.74) is -3.73. The molecule has 60 valence electrons. The van der Waals surface area contributed by atoms with E-state index in [1.165, 1.54) is 18.3 Å². The average molecular weight is 181 g/mol. The van der Waals surface area contributed by atoms with Gasteiger partial charge in [-0.2, -0.15) is 5.10 Å². The van der Waals surface area contributed by atoms with Gasteiger partial charge in [0.25, 0.3) is 0 Å². The molecule has 0 bridgehead atoms. The van der Waals surface area contributed by atoms with Gasteiger partial charge >= 0.3 is 5.57 Å². The summed E-state index contributed by atoms with van der Waals surface area (Å²) in [5, 5.41) is 6.53. The van der Waals surface area contributed by atoms with Gasteiger partial charge in [0.1, 0.15) is 0 Å². The summed E-state index contributed by atoms with van der Waals surface area (Å²) in [6, 6.07) is 2.63. The Labute approximate surface area is 66.0 Å². The highest BCUT2D eigenvalue weighted by Gasteiger charge is 2.28. The Morgan fingerprint density at radius 2 is 2.27 bits per heavy atom. The van der Waals surface area contributed by atoms with E-state index in [2.05, 4.69) is 26.5 Å². The van der Waals surface area contributed by atoms with Gasteiger partial charge in [-0.15, -0.1) is 13.9 Å². The molecule has 0 aliphatic carbocycles. The fourth-order valence-corrected chi connectivity index (χ4v) is 0.539. The topological polar surface area (TPSA) is 35.0 Å². The van der Waals surface area contributed by atoms with E-state index in [-0.39, 0.29) is 5.88 Å². The maximum Gasteiger partial charge on any atom is 0.488 e. The number of hydrogen-bond donors (Lipinski definition) is 0. The zero-order chi connectivity index (χ0) is 8.32. The van der Waals surface area contributed by atoms with Crippen LogP contribution in [0, 0.1) is 0 Å². The molecule has 0 fully saturated rings. The molecule has 0 amide bonds. The molecule has 0 aliphatic rings. The van der Waals surface area contributed by atoms with Crippen LogP contribution in [0.15, 0.2) is 18.3 Å². The van der Waals surface area contributed by atoms with Crippen molar-refractivity contribution in [2.45, 2.75) is 5.57 Å². The molecule has 11 heavy (non-hydrogen) atoms. The monoisotopic (exact) mass is 180 g/mol. The Morgan fingerprint density at radius 1 is 1.55 bits per heavy atom. The van der Waals surface area contributed by atoms with Gasteiger partial charge in [0.2, 0.25) is 5.88 Å². The van der Waals surface area contributed by atoms with Crippen LogP contribution in [-0.2, 0) is 0 Å². The van der Waals surface area contributed by atoms with Crippen molar-refractivity contribution in [1.29, 1.82) is 0 Å². The molecule has 0 radical (unpaired) electrons. The molecule has 0 N–H and O–H groups in total. The van der Waals surface area contributed by atoms with Crippen molar-refractivity contribution in [1.82, 2.24) is 10.2 Å². The number of nitrogens with zero attached hydrogens (tertiary/aromatic N) is 2. The molecule has 0 spiro atoms. The van der Waals surface area contributed by atoms with E-state index in [4.69, 9.17) is 0 Å². The van der Waals surface area contributed by atoms with Gasteiger partial charge in [0.15, 0.2) is 0 Å². The van der Waals surface area contributed by atoms with Crippen LogP contribution in [0.3, 0.4) is 0 Å². The van der Waals surface area contributed by atoms with Crippen molar-refractivity contribution in [3.8, 4) is 5.88 Å². The van der Waals surface area contributed by atoms with Crippen LogP contribution in [0.5, 0.6) is 5.88 Å². The lowest BCUT2D eigenvalue weighted by atomic mass is 10.6. The Kier molecular flexibility index (Phi) is 2.19. The normalized spacial score (nSPS) is 11.2. The lowest BCUT2D eigenvalue weighted by molar-refractivity contribution is -0.0996. The second-order valence-electron chi connectivity index (χ2n) is 1.61. The van der Waals surface area contributed by atoms with Gasteiger partial charge in [-0.05, 0) is 6.07 Å². The summed E-state index contributed by atoms with van der Waals surface area (Å²) in [6.07, 6.45) is 1.33. The van der Waals surface area contributed by atoms with Crippen molar-refractivity contribution in [2.75, 3.05) is 0 Å². The third-order valence-corrected chi connectivity index (χ3v) is 0.845. The highest BCUT2D eigenvalue weighted by Crippen LogP contribution is 2.21. The largest absolute Gasteiger partial charge is 0.488 e. The van der Waals surface area contributed by atoms with E-state index in [1.807, 2.05) is 0 Å². The molecule has 1 aromatic heterocycles. The molecule has 0 aliphatic heterocycles. The summed E-state index contributed by atoms with van der Waals surface area (Å²) in [4.78, 5) is 0. The molecule has 1 heterocycles. The fourth-order valence-electron chi connectivity index (χ4n) is 0.460. The van der Waals surface area contributed by atoms with Crippen molar-refractivity contribution in [3.63, 3.8) is 0 Å². The van der Waals surface area contributed by atoms with Crippen molar-refractivity contribution in [2.24, 2.45) is 0 Å². The van der Waals surface area contributed by atoms with E-state index in [0.717, 1.165) is 0 Å². The predicted octanol–water partition coefficient (Wildman–Crippen LogP) is 1.64. The van der Waals surface area contributed by atoms with E-state index in [0.29, 0.717) is 0 Å². The standard InChI is InChI=1S/C5H3ClF2N2O/c6-5(7,8)11-4-2-1-3-9-10-4/h1-3H. The molecular formula is C5H3ClF2N2O. The van der Waals surface area contributed by atoms with Crippen LogP contribution in [-0.4, -0.2) is 15.8 Å². The number of hydrogen-bond acceptors (Lipinski definition) is 3. The van der Waals surface area contributed by atoms with Gasteiger partial charge in [0.05, 0.1) is 0 Å². The summed E-state index contributed by atoms with van der Waals surface area (Å²) in [5.74, 6) is -0.312. The quantitative estimate of drug-likeness (QED) is 0.649. The van der Waals surface area contributed by atoms with Crippen LogP contribution < -0.4 is 4.74 Å². The van der Waals surface area contributed by atoms with Crippen LogP contribution in [0.25, 0.3) is 0 Å². The second-order valence-corrected chi connectivity index (χ2v) is 2.05. The van der Waals surface area contributed by atoms with Crippen LogP contribution in [0.4, 0.5) is 8.78 Å². The summed E-state index contributed by atoms with van der Waals surface area (Å²) >= 11 is 4.44. The Hall–Kier alpha value is -0.970. The number of halogens is 3. The van der Waals surface area contributed by atoms with Crippen LogP contribution >= 0.6 is 11.6 Å². The molecule has 0 saturated heterocycles. The first-order valence-electron chi connectivity index (χ1n) is 2.61. The van der Waals surface area contributed by atoms with Crippen molar-refractivity contribution in [3.05, 3.63) is 18.3 Å². The highest BCUT2D eigenvalue weighted by atomic mass is 35.5. The lowest BCUT2D eigenvalue weighted by Gasteiger charge is -2.07. The zero-order valence-corrected chi connectivity index (χ0v) is 5.92. The third kappa shape index (κ3) is 3.08. The SMILES string of the molecule is FC(F)(Cl)Oc1cccnn1. The minimum absolute atomic E-state index is 0.312. The third-order valence-electron chi connectivity index (χ3n) is 0.768. The van der Waals surface area contributed by atoms with Crippen LogP contribution in [0.1, 0.15) is 0 Å². The van der Waals surface area contributed by atoms with Gasteiger partial charge in [0, 0.05) is 23.9 Å². The van der Waals surface area contributed by atoms with Gasteiger partial charge in [-0.1, -0.05) is 0 Å². The maximum atomic E-state index is 11.9. The van der Waals surface area contributed by atoms with Crippen LogP contribution in [0.2, 0.25) is 0 Å². The molecule has 0 saturated carbocycles. The highest BCUT2D eigenvalue weighted by molar-refractivity contribution is 6.20. The fraction of sp³-hybridized carbons (Fsp3) is 0.200. The first-order valence-corrected chi connectivity index (χ1v) is 2.99. The lowest BCUT2D eigenvalue weighted by Crippen LogP contribution is -2.16. The van der Waals surface area contributed by atoms with Crippen molar-refractivity contribution >= 4 is 11.6 Å². The minimum atomic E-state index is -3.73. The molecular weight excluding hydrogens is 178 g/mol. The number of ether oxygens (including phenoxy) is 1. The molecule has 0 aromatic carbocycles. The summed E-state index contributed by atoms with van der Waals surface area (Å²) < 4.78 is 27.6. The molecule has 1 aromatic rings. The van der Waals surface area contributed by atoms with E-state index in [1.54, 1.807) is 0 Å². The summed E-state index contributed by atoms with van der Waals surface area (Å²) in [7, 11) is 0. The Balaban J connectivity index is 2.66. The van der Waals surface area contributed by atoms with Gasteiger partial charge < -0.3 is 4.74 Å². The zero-order valence-electron chi connectivity index (χ0n) is 5.17. The number of rotatable bonds is 2. The van der Waals surface area contributed by atoms with Crippen molar-refractivity contribution < 1.29 is 13.5 Å². The average Bonchev–Trinajstić information content (AvgIpc) is 1.85. The Morgan fingerprint density at radius 3 is 2.73 bits per heavy atom. The second kappa shape index (κ2) is 2.96. The molecule has 1 rings (SSSR count). The minimum Gasteiger partial charge on any atom is -0.400 e. The Bertz CT molecular complexity index is 226. The first-order chi connectivity index (χ1) is 5.08. The smallest absolute Gasteiger partial charge is 0.400 e. The number of aromatic nitrogens is 2. The molecule has 3 nitrogen and oxygen atoms in total. The van der Waals surface area contributed by atoms with E-state index in [9.17, 15) is 8.78 Å². The van der Waals surface area contributed by atoms with E-state index >= 15 is 0 Å². The van der Waals surface area contributed by atoms with E-state index < -0.39 is 5.57 Å². The first kappa shape index (κ1) is 8.13. The maximum absolute atomic E-state index is 11.9. The molecule has 0 atom stereocenters. The molecule has 0 unspecified atom stereocenters. The van der Waals surface area contributed by atoms with Gasteiger partial charge in [-0.25, -0.2) is 0 Å². The molecule has 6 heteroatoms. The predicted molar refractivity (Wildman–Crippen MR) is 33.5 cm³/mol.